The van der Waals surface area contributed by atoms with Crippen molar-refractivity contribution in [2.45, 2.75) is 54.0 Å². The zero-order valence-corrected chi connectivity index (χ0v) is 13.2. The van der Waals surface area contributed by atoms with Crippen LogP contribution in [0.1, 0.15) is 48.0 Å². The molecule has 17 heavy (non-hydrogen) atoms. The third-order valence-electron chi connectivity index (χ3n) is 2.87. The summed E-state index contributed by atoms with van der Waals surface area (Å²) in [4.78, 5) is 4.92. The first kappa shape index (κ1) is 19.0. The van der Waals surface area contributed by atoms with E-state index in [2.05, 4.69) is 44.2 Å². The molecule has 0 bridgehead atoms. The Balaban J connectivity index is 0. The lowest BCUT2D eigenvalue weighted by atomic mass is 10.2. The second-order valence-corrected chi connectivity index (χ2v) is 4.74. The van der Waals surface area contributed by atoms with Gasteiger partial charge in [0.25, 0.3) is 0 Å². The minimum atomic E-state index is 0.730. The molecular weight excluding hydrogens is 208 g/mol. The average Bonchev–Trinajstić information content (AvgIpc) is 2.33. The van der Waals surface area contributed by atoms with Crippen LogP contribution >= 0.6 is 0 Å². The lowest BCUT2D eigenvalue weighted by Crippen LogP contribution is -2.47. The number of hydrogen-bond donors (Lipinski definition) is 0. The molecular formula is C15H34N2. The maximum absolute atomic E-state index is 3.67. The van der Waals surface area contributed by atoms with Gasteiger partial charge in [0, 0.05) is 32.2 Å². The number of nitrogens with zero attached hydrogens (tertiary/aromatic N) is 2. The molecule has 2 heteroatoms. The third kappa shape index (κ3) is 11.9. The van der Waals surface area contributed by atoms with Gasteiger partial charge in [-0.25, -0.2) is 0 Å². The van der Waals surface area contributed by atoms with E-state index in [-0.39, 0.29) is 0 Å². The molecule has 0 saturated carbocycles. The van der Waals surface area contributed by atoms with Crippen LogP contribution in [0.4, 0.5) is 0 Å². The third-order valence-corrected chi connectivity index (χ3v) is 2.87. The van der Waals surface area contributed by atoms with Gasteiger partial charge in [0.05, 0.1) is 0 Å². The van der Waals surface area contributed by atoms with Gasteiger partial charge < -0.3 is 4.90 Å². The summed E-state index contributed by atoms with van der Waals surface area (Å²) in [5, 5.41) is 0. The highest BCUT2D eigenvalue weighted by Crippen LogP contribution is 2.02. The Kier molecular flexibility index (Phi) is 13.6. The molecule has 0 N–H and O–H groups in total. The highest BCUT2D eigenvalue weighted by Gasteiger charge is 2.15. The second kappa shape index (κ2) is 12.1. The monoisotopic (exact) mass is 242 g/mol. The van der Waals surface area contributed by atoms with Crippen LogP contribution in [-0.2, 0) is 0 Å². The zero-order valence-electron chi connectivity index (χ0n) is 13.2. The number of hydrogen-bond acceptors (Lipinski definition) is 2. The van der Waals surface area contributed by atoms with Crippen molar-refractivity contribution in [3.63, 3.8) is 0 Å². The smallest absolute Gasteiger partial charge is 0.0112 e. The highest BCUT2D eigenvalue weighted by molar-refractivity contribution is 4.84. The maximum atomic E-state index is 3.67. The minimum absolute atomic E-state index is 0.730. The molecule has 104 valence electrons. The van der Waals surface area contributed by atoms with Gasteiger partial charge in [-0.15, -0.1) is 6.58 Å². The summed E-state index contributed by atoms with van der Waals surface area (Å²) in [6, 6.07) is 0.730. The van der Waals surface area contributed by atoms with E-state index in [4.69, 9.17) is 0 Å². The summed E-state index contributed by atoms with van der Waals surface area (Å²) in [7, 11) is 2.19. The molecule has 0 aromatic rings. The van der Waals surface area contributed by atoms with Crippen molar-refractivity contribution < 1.29 is 0 Å². The van der Waals surface area contributed by atoms with E-state index in [9.17, 15) is 0 Å². The van der Waals surface area contributed by atoms with E-state index in [0.29, 0.717) is 0 Å². The molecule has 2 nitrogen and oxygen atoms in total. The number of likely N-dealkylation sites (N-methyl/N-ethyl adjacent to an activating group) is 1. The molecule has 1 saturated heterocycles. The molecule has 0 radical (unpaired) electrons. The second-order valence-electron chi connectivity index (χ2n) is 4.74. The van der Waals surface area contributed by atoms with Crippen molar-refractivity contribution in [3.8, 4) is 0 Å². The van der Waals surface area contributed by atoms with E-state index < -0.39 is 0 Å². The lowest BCUT2D eigenvalue weighted by Gasteiger charge is -2.34. The van der Waals surface area contributed by atoms with E-state index in [1.54, 1.807) is 0 Å². The van der Waals surface area contributed by atoms with Crippen LogP contribution in [0.3, 0.4) is 0 Å². The van der Waals surface area contributed by atoms with Crippen LogP contribution in [0, 0.1) is 0 Å². The quantitative estimate of drug-likeness (QED) is 0.682. The zero-order chi connectivity index (χ0) is 13.8. The van der Waals surface area contributed by atoms with Crippen LogP contribution in [0.5, 0.6) is 0 Å². The standard InChI is InChI=1S/C8H18N2.C5H10.C2H6/c1-8(2)10-6-4-9(3)5-7-10;1-4-5(2)3;1-2/h8H,4-7H2,1-3H3;2,4H2,1,3H3;1-2H3. The van der Waals surface area contributed by atoms with Crippen molar-refractivity contribution >= 4 is 0 Å². The molecule has 0 aliphatic carbocycles. The van der Waals surface area contributed by atoms with E-state index in [1.807, 2.05) is 20.8 Å². The Morgan fingerprint density at radius 2 is 1.47 bits per heavy atom. The van der Waals surface area contributed by atoms with Crippen molar-refractivity contribution in [1.29, 1.82) is 0 Å². The molecule has 1 fully saturated rings. The topological polar surface area (TPSA) is 6.48 Å². The summed E-state index contributed by atoms with van der Waals surface area (Å²) in [6.07, 6.45) is 1.11. The molecule has 0 aromatic carbocycles. The molecule has 1 aliphatic rings. The highest BCUT2D eigenvalue weighted by atomic mass is 15.3. The van der Waals surface area contributed by atoms with Gasteiger partial charge >= 0.3 is 0 Å². The van der Waals surface area contributed by atoms with Crippen molar-refractivity contribution in [2.24, 2.45) is 0 Å². The Labute approximate surface area is 110 Å². The van der Waals surface area contributed by atoms with Gasteiger partial charge in [0.1, 0.15) is 0 Å². The summed E-state index contributed by atoms with van der Waals surface area (Å²) in [5.74, 6) is 0. The number of allylic oxidation sites excluding steroid dienone is 1. The molecule has 0 spiro atoms. The first-order chi connectivity index (χ1) is 7.97. The average molecular weight is 242 g/mol. The van der Waals surface area contributed by atoms with Crippen molar-refractivity contribution in [1.82, 2.24) is 9.80 Å². The van der Waals surface area contributed by atoms with Gasteiger partial charge in [-0.3, -0.25) is 4.90 Å². The van der Waals surface area contributed by atoms with Crippen LogP contribution in [-0.4, -0.2) is 49.1 Å². The van der Waals surface area contributed by atoms with E-state index in [1.165, 1.54) is 31.8 Å². The normalized spacial score (nSPS) is 16.7. The molecule has 0 atom stereocenters. The fraction of sp³-hybridized carbons (Fsp3) is 0.867. The predicted octanol–water partition coefficient (Wildman–Crippen LogP) is 3.64. The molecule has 0 amide bonds. The summed E-state index contributed by atoms with van der Waals surface area (Å²) < 4.78 is 0. The summed E-state index contributed by atoms with van der Waals surface area (Å²) in [6.45, 7) is 21.3. The Morgan fingerprint density at radius 1 is 1.12 bits per heavy atom. The van der Waals surface area contributed by atoms with Crippen molar-refractivity contribution in [2.75, 3.05) is 33.2 Å². The first-order valence-corrected chi connectivity index (χ1v) is 7.04. The lowest BCUT2D eigenvalue weighted by molar-refractivity contribution is 0.126. The van der Waals surface area contributed by atoms with Crippen molar-refractivity contribution in [3.05, 3.63) is 12.2 Å². The maximum Gasteiger partial charge on any atom is 0.0112 e. The molecule has 0 unspecified atom stereocenters. The van der Waals surface area contributed by atoms with Gasteiger partial charge in [0.2, 0.25) is 0 Å². The Hall–Kier alpha value is -0.340. The molecule has 1 heterocycles. The Bertz CT molecular complexity index is 168. The van der Waals surface area contributed by atoms with Gasteiger partial charge in [-0.1, -0.05) is 26.3 Å². The fourth-order valence-electron chi connectivity index (χ4n) is 1.34. The van der Waals surface area contributed by atoms with E-state index >= 15 is 0 Å². The van der Waals surface area contributed by atoms with Crippen LogP contribution in [0.2, 0.25) is 0 Å². The van der Waals surface area contributed by atoms with Crippen LogP contribution in [0.25, 0.3) is 0 Å². The van der Waals surface area contributed by atoms with Crippen LogP contribution < -0.4 is 0 Å². The van der Waals surface area contributed by atoms with E-state index in [0.717, 1.165) is 12.5 Å². The summed E-state index contributed by atoms with van der Waals surface area (Å²) >= 11 is 0. The van der Waals surface area contributed by atoms with Gasteiger partial charge in [0.15, 0.2) is 0 Å². The van der Waals surface area contributed by atoms with Gasteiger partial charge in [-0.2, -0.15) is 0 Å². The van der Waals surface area contributed by atoms with Gasteiger partial charge in [-0.05, 0) is 34.2 Å². The first-order valence-electron chi connectivity index (χ1n) is 7.04. The summed E-state index contributed by atoms with van der Waals surface area (Å²) in [5.41, 5.74) is 1.25. The number of piperazine rings is 1. The largest absolute Gasteiger partial charge is 0.304 e. The van der Waals surface area contributed by atoms with Crippen LogP contribution in [0.15, 0.2) is 12.2 Å². The fourth-order valence-corrected chi connectivity index (χ4v) is 1.34. The number of rotatable bonds is 2. The Morgan fingerprint density at radius 3 is 1.71 bits per heavy atom. The predicted molar refractivity (Wildman–Crippen MR) is 80.7 cm³/mol. The minimum Gasteiger partial charge on any atom is -0.304 e. The molecule has 1 aliphatic heterocycles. The molecule has 0 aromatic heterocycles. The SMILES string of the molecule is C=C(C)CC.CC.CC(C)N1CCN(C)CC1. The molecule has 1 rings (SSSR count).